The second-order valence-corrected chi connectivity index (χ2v) is 7.41. The fraction of sp³-hybridized carbons (Fsp3) is 0.588. The number of ketones is 1. The number of aryl methyl sites for hydroxylation is 1. The van der Waals surface area contributed by atoms with Gasteiger partial charge in [-0.25, -0.2) is 0 Å². The lowest BCUT2D eigenvalue weighted by Crippen LogP contribution is -2.51. The molecule has 4 nitrogen and oxygen atoms in total. The summed E-state index contributed by atoms with van der Waals surface area (Å²) in [7, 11) is 0. The predicted octanol–water partition coefficient (Wildman–Crippen LogP) is 3.32. The van der Waals surface area contributed by atoms with Crippen LogP contribution in [0.25, 0.3) is 0 Å². The number of hydrogen-bond acceptors (Lipinski definition) is 3. The van der Waals surface area contributed by atoms with Crippen molar-refractivity contribution in [2.75, 3.05) is 0 Å². The second kappa shape index (κ2) is 4.95. The molecule has 0 amide bonds. The standard InChI is InChI=1S/C17H18F3N3O/c1-15(2)12-5-4-10-8-23(9-17(18,19)20)22-13(10)16(12,3)6-11(7-21)14(15)24/h6,8,12H,4-5,9H2,1-3H3. The minimum absolute atomic E-state index is 0.0666. The molecular formula is C17H18F3N3O. The number of carbonyl (C=O) groups is 1. The Morgan fingerprint density at radius 1 is 1.42 bits per heavy atom. The van der Waals surface area contributed by atoms with E-state index in [9.17, 15) is 23.2 Å². The molecule has 3 rings (SSSR count). The van der Waals surface area contributed by atoms with Crippen LogP contribution >= 0.6 is 0 Å². The maximum atomic E-state index is 12.7. The molecule has 1 aromatic heterocycles. The number of nitriles is 1. The van der Waals surface area contributed by atoms with Crippen LogP contribution in [0, 0.1) is 22.7 Å². The summed E-state index contributed by atoms with van der Waals surface area (Å²) >= 11 is 0. The van der Waals surface area contributed by atoms with E-state index in [-0.39, 0.29) is 17.3 Å². The van der Waals surface area contributed by atoms with Crippen LogP contribution in [0.4, 0.5) is 13.2 Å². The van der Waals surface area contributed by atoms with Crippen molar-refractivity contribution < 1.29 is 18.0 Å². The zero-order valence-electron chi connectivity index (χ0n) is 13.7. The molecule has 24 heavy (non-hydrogen) atoms. The molecule has 7 heteroatoms. The fourth-order valence-electron chi connectivity index (χ4n) is 4.36. The molecule has 2 aliphatic rings. The van der Waals surface area contributed by atoms with Crippen molar-refractivity contribution in [2.45, 2.75) is 51.7 Å². The number of nitrogens with zero attached hydrogens (tertiary/aromatic N) is 3. The largest absolute Gasteiger partial charge is 0.408 e. The minimum Gasteiger partial charge on any atom is -0.293 e. The van der Waals surface area contributed by atoms with Crippen LogP contribution in [0.3, 0.4) is 0 Å². The number of alkyl halides is 3. The lowest BCUT2D eigenvalue weighted by atomic mass is 9.52. The van der Waals surface area contributed by atoms with E-state index < -0.39 is 23.6 Å². The zero-order chi connectivity index (χ0) is 17.9. The fourth-order valence-corrected chi connectivity index (χ4v) is 4.36. The average Bonchev–Trinajstić information content (AvgIpc) is 2.84. The summed E-state index contributed by atoms with van der Waals surface area (Å²) in [5.74, 6) is -0.304. The second-order valence-electron chi connectivity index (χ2n) is 7.41. The lowest BCUT2D eigenvalue weighted by molar-refractivity contribution is -0.142. The van der Waals surface area contributed by atoms with Crippen LogP contribution in [0.15, 0.2) is 17.8 Å². The summed E-state index contributed by atoms with van der Waals surface area (Å²) in [5, 5.41) is 13.5. The molecular weight excluding hydrogens is 319 g/mol. The highest BCUT2D eigenvalue weighted by molar-refractivity contribution is 6.04. The van der Waals surface area contributed by atoms with Crippen molar-refractivity contribution in [3.63, 3.8) is 0 Å². The molecule has 2 unspecified atom stereocenters. The van der Waals surface area contributed by atoms with E-state index in [1.54, 1.807) is 19.9 Å². The number of carbonyl (C=O) groups excluding carboxylic acids is 1. The van der Waals surface area contributed by atoms with Crippen molar-refractivity contribution in [1.29, 1.82) is 5.26 Å². The Morgan fingerprint density at radius 3 is 2.67 bits per heavy atom. The summed E-state index contributed by atoms with van der Waals surface area (Å²) in [5.41, 5.74) is -0.0857. The molecule has 1 aromatic rings. The Hall–Kier alpha value is -2.10. The van der Waals surface area contributed by atoms with Gasteiger partial charge in [0, 0.05) is 17.0 Å². The third-order valence-corrected chi connectivity index (χ3v) is 5.38. The zero-order valence-corrected chi connectivity index (χ0v) is 13.7. The van der Waals surface area contributed by atoms with Crippen molar-refractivity contribution >= 4 is 5.78 Å². The first-order valence-corrected chi connectivity index (χ1v) is 7.80. The molecule has 0 saturated carbocycles. The van der Waals surface area contributed by atoms with Gasteiger partial charge in [-0.05, 0) is 24.3 Å². The lowest BCUT2D eigenvalue weighted by Gasteiger charge is -2.49. The highest BCUT2D eigenvalue weighted by Crippen LogP contribution is 2.54. The first-order valence-electron chi connectivity index (χ1n) is 7.80. The molecule has 0 radical (unpaired) electrons. The maximum absolute atomic E-state index is 12.7. The number of Topliss-reactive ketones (excluding diaryl/α,β-unsaturated/α-hetero) is 1. The van der Waals surface area contributed by atoms with E-state index in [2.05, 4.69) is 5.10 Å². The number of rotatable bonds is 1. The molecule has 0 spiro atoms. The van der Waals surface area contributed by atoms with Gasteiger partial charge in [0.1, 0.15) is 12.6 Å². The van der Waals surface area contributed by atoms with Crippen LogP contribution in [0.5, 0.6) is 0 Å². The highest BCUT2D eigenvalue weighted by atomic mass is 19.4. The van der Waals surface area contributed by atoms with Crippen LogP contribution in [-0.4, -0.2) is 21.7 Å². The Kier molecular flexibility index (Phi) is 3.45. The molecule has 2 atom stereocenters. The third-order valence-electron chi connectivity index (χ3n) is 5.38. The number of allylic oxidation sites excluding steroid dienone is 2. The van der Waals surface area contributed by atoms with Gasteiger partial charge in [0.2, 0.25) is 0 Å². The number of hydrogen-bond donors (Lipinski definition) is 0. The van der Waals surface area contributed by atoms with Gasteiger partial charge in [0.05, 0.1) is 11.3 Å². The topological polar surface area (TPSA) is 58.7 Å². The summed E-state index contributed by atoms with van der Waals surface area (Å²) in [6.45, 7) is 4.34. The molecule has 0 bridgehead atoms. The van der Waals surface area contributed by atoms with Crippen LogP contribution in [0.2, 0.25) is 0 Å². The molecule has 0 fully saturated rings. The van der Waals surface area contributed by atoms with E-state index in [1.165, 1.54) is 6.20 Å². The van der Waals surface area contributed by atoms with Crippen molar-refractivity contribution in [3.05, 3.63) is 29.1 Å². The van der Waals surface area contributed by atoms with E-state index in [4.69, 9.17) is 0 Å². The molecule has 0 saturated heterocycles. The minimum atomic E-state index is -4.34. The van der Waals surface area contributed by atoms with E-state index in [0.29, 0.717) is 18.5 Å². The predicted molar refractivity (Wildman–Crippen MR) is 79.9 cm³/mol. The van der Waals surface area contributed by atoms with Crippen LogP contribution in [-0.2, 0) is 23.2 Å². The molecule has 1 heterocycles. The summed E-state index contributed by atoms with van der Waals surface area (Å²) < 4.78 is 38.9. The van der Waals surface area contributed by atoms with E-state index in [0.717, 1.165) is 10.2 Å². The van der Waals surface area contributed by atoms with Crippen molar-refractivity contribution in [3.8, 4) is 6.07 Å². The highest BCUT2D eigenvalue weighted by Gasteiger charge is 2.55. The van der Waals surface area contributed by atoms with Gasteiger partial charge in [-0.15, -0.1) is 0 Å². The van der Waals surface area contributed by atoms with Crippen LogP contribution < -0.4 is 0 Å². The summed E-state index contributed by atoms with van der Waals surface area (Å²) in [4.78, 5) is 12.5. The first kappa shape index (κ1) is 16.7. The SMILES string of the molecule is CC1(C)C(=O)C(C#N)=CC2(C)c3nn(CC(F)(F)F)cc3CCC12. The van der Waals surface area contributed by atoms with Crippen molar-refractivity contribution in [1.82, 2.24) is 9.78 Å². The molecule has 0 aromatic carbocycles. The van der Waals surface area contributed by atoms with Gasteiger partial charge < -0.3 is 0 Å². The van der Waals surface area contributed by atoms with Crippen LogP contribution in [0.1, 0.15) is 38.4 Å². The molecule has 0 N–H and O–H groups in total. The van der Waals surface area contributed by atoms with Gasteiger partial charge in [-0.3, -0.25) is 9.48 Å². The number of halogens is 3. The van der Waals surface area contributed by atoms with E-state index in [1.807, 2.05) is 13.0 Å². The monoisotopic (exact) mass is 337 g/mol. The normalized spacial score (nSPS) is 28.6. The summed E-state index contributed by atoms with van der Waals surface area (Å²) in [6.07, 6.45) is -0.0405. The van der Waals surface area contributed by atoms with Gasteiger partial charge in [-0.2, -0.15) is 23.5 Å². The Labute approximate surface area is 137 Å². The quantitative estimate of drug-likeness (QED) is 0.790. The maximum Gasteiger partial charge on any atom is 0.408 e. The Balaban J connectivity index is 2.14. The molecule has 2 aliphatic carbocycles. The van der Waals surface area contributed by atoms with Gasteiger partial charge in [0.15, 0.2) is 5.78 Å². The first-order chi connectivity index (χ1) is 11.0. The number of aromatic nitrogens is 2. The average molecular weight is 337 g/mol. The Bertz CT molecular complexity index is 782. The van der Waals surface area contributed by atoms with Gasteiger partial charge >= 0.3 is 6.18 Å². The van der Waals surface area contributed by atoms with Gasteiger partial charge in [-0.1, -0.05) is 26.8 Å². The van der Waals surface area contributed by atoms with E-state index >= 15 is 0 Å². The Morgan fingerprint density at radius 2 is 2.08 bits per heavy atom. The molecule has 0 aliphatic heterocycles. The van der Waals surface area contributed by atoms with Crippen molar-refractivity contribution in [2.24, 2.45) is 11.3 Å². The molecule has 128 valence electrons. The number of fused-ring (bicyclic) bond motifs is 3. The third kappa shape index (κ3) is 2.36. The summed E-state index contributed by atoms with van der Waals surface area (Å²) in [6, 6.07) is 1.94. The van der Waals surface area contributed by atoms with Gasteiger partial charge in [0.25, 0.3) is 0 Å². The smallest absolute Gasteiger partial charge is 0.293 e.